The number of hydrogen-bond donors (Lipinski definition) is 2. The van der Waals surface area contributed by atoms with Gasteiger partial charge >= 0.3 is 12.1 Å². The molecule has 1 rings (SSSR count). The van der Waals surface area contributed by atoms with E-state index >= 15 is 0 Å². The van der Waals surface area contributed by atoms with Gasteiger partial charge in [-0.1, -0.05) is 0 Å². The van der Waals surface area contributed by atoms with Crippen molar-refractivity contribution < 1.29 is 24.0 Å². The normalized spacial score (nSPS) is 10.9. The minimum Gasteiger partial charge on any atom is -0.428 e. The number of hydrogen-bond acceptors (Lipinski definition) is 8. The minimum atomic E-state index is -1.01. The smallest absolute Gasteiger partial charge is 0.415 e. The van der Waals surface area contributed by atoms with Crippen molar-refractivity contribution in [2.24, 2.45) is 0 Å². The van der Waals surface area contributed by atoms with Crippen LogP contribution in [0.2, 0.25) is 5.28 Å². The van der Waals surface area contributed by atoms with Gasteiger partial charge in [-0.05, 0) is 18.5 Å². The van der Waals surface area contributed by atoms with Crippen LogP contribution in [0.5, 0.6) is 0 Å². The molecule has 0 radical (unpaired) electrons. The summed E-state index contributed by atoms with van der Waals surface area (Å²) in [4.78, 5) is 40.3. The van der Waals surface area contributed by atoms with Crippen LogP contribution in [0.15, 0.2) is 18.2 Å². The first-order valence-electron chi connectivity index (χ1n) is 6.68. The number of esters is 1. The Hall–Kier alpha value is -2.82. The van der Waals surface area contributed by atoms with Crippen LogP contribution < -0.4 is 5.32 Å². The molecule has 12 heteroatoms. The molecule has 24 heavy (non-hydrogen) atoms. The number of H-pyrrole nitrogens is 1. The van der Waals surface area contributed by atoms with E-state index in [4.69, 9.17) is 11.6 Å². The quantitative estimate of drug-likeness (QED) is 0.304. The molecule has 2 N–H and O–H groups in total. The number of aromatic amines is 1. The summed E-state index contributed by atoms with van der Waals surface area (Å²) in [5, 5.41) is 13.2. The van der Waals surface area contributed by atoms with E-state index in [-0.39, 0.29) is 17.6 Å². The molecule has 0 saturated heterocycles. The van der Waals surface area contributed by atoms with Gasteiger partial charge in [0.15, 0.2) is 11.1 Å². The van der Waals surface area contributed by atoms with Gasteiger partial charge in [0.25, 0.3) is 6.20 Å². The number of aromatic nitrogens is 2. The fraction of sp³-hybridized carbons (Fsp3) is 0.417. The average Bonchev–Trinajstić information content (AvgIpc) is 2.88. The second-order valence-electron chi connectivity index (χ2n) is 4.32. The van der Waals surface area contributed by atoms with Gasteiger partial charge in [0.1, 0.15) is 0 Å². The predicted octanol–water partition coefficient (Wildman–Crippen LogP) is 1.21. The van der Waals surface area contributed by atoms with Crippen molar-refractivity contribution in [3.05, 3.63) is 39.3 Å². The summed E-state index contributed by atoms with van der Waals surface area (Å²) in [6.45, 7) is 2.79. The molecule has 1 heterocycles. The number of nitrogens with zero attached hydrogens (tertiary/aromatic N) is 3. The molecule has 11 nitrogen and oxygen atoms in total. The summed E-state index contributed by atoms with van der Waals surface area (Å²) in [7, 11) is 0. The fourth-order valence-electron chi connectivity index (χ4n) is 1.58. The Morgan fingerprint density at radius 3 is 2.75 bits per heavy atom. The largest absolute Gasteiger partial charge is 0.428 e. The molecule has 0 aliphatic carbocycles. The summed E-state index contributed by atoms with van der Waals surface area (Å²) < 4.78 is 9.03. The molecule has 132 valence electrons. The zero-order valence-electron chi connectivity index (χ0n) is 12.9. The SMILES string of the molecule is CCN(Cc1cnc(Cl)[nH]1)/C(=C\[N+](=O)[O-])NC(=O)OCOC(C)=O. The maximum atomic E-state index is 11.6. The van der Waals surface area contributed by atoms with Gasteiger partial charge in [-0.3, -0.25) is 20.2 Å². The molecule has 1 aromatic rings. The standard InChI is InChI=1S/C12H16ClN5O6/c1-3-17(5-9-4-14-11(13)15-9)10(6-18(21)22)16-12(20)24-7-23-8(2)19/h4,6H,3,5,7H2,1-2H3,(H,14,15)(H,16,20)/b10-6-. The van der Waals surface area contributed by atoms with E-state index in [9.17, 15) is 19.7 Å². The van der Waals surface area contributed by atoms with Gasteiger partial charge in [-0.15, -0.1) is 0 Å². The number of carbonyl (C=O) groups excluding carboxylic acids is 2. The van der Waals surface area contributed by atoms with E-state index in [1.165, 1.54) is 11.1 Å². The van der Waals surface area contributed by atoms with Crippen molar-refractivity contribution in [3.8, 4) is 0 Å². The van der Waals surface area contributed by atoms with Gasteiger partial charge in [0, 0.05) is 13.5 Å². The Balaban J connectivity index is 2.76. The Morgan fingerprint density at radius 2 is 2.25 bits per heavy atom. The molecular weight excluding hydrogens is 346 g/mol. The maximum absolute atomic E-state index is 11.6. The molecule has 0 atom stereocenters. The van der Waals surface area contributed by atoms with Crippen LogP contribution in [0.3, 0.4) is 0 Å². The number of nitrogens with one attached hydrogen (secondary N) is 2. The molecule has 0 fully saturated rings. The highest BCUT2D eigenvalue weighted by molar-refractivity contribution is 6.28. The minimum absolute atomic E-state index is 0.110. The van der Waals surface area contributed by atoms with E-state index in [2.05, 4.69) is 24.8 Å². The van der Waals surface area contributed by atoms with Crippen molar-refractivity contribution in [1.29, 1.82) is 0 Å². The van der Waals surface area contributed by atoms with Crippen LogP contribution in [-0.4, -0.2) is 45.2 Å². The zero-order chi connectivity index (χ0) is 18.1. The lowest BCUT2D eigenvalue weighted by atomic mass is 10.4. The number of carbonyl (C=O) groups is 2. The Kier molecular flexibility index (Phi) is 7.49. The molecule has 0 aromatic carbocycles. The Labute approximate surface area is 141 Å². The second-order valence-corrected chi connectivity index (χ2v) is 4.68. The summed E-state index contributed by atoms with van der Waals surface area (Å²) in [6.07, 6.45) is 1.08. The number of amides is 1. The molecule has 0 bridgehead atoms. The number of imidazole rings is 1. The maximum Gasteiger partial charge on any atom is 0.415 e. The number of halogens is 1. The van der Waals surface area contributed by atoms with E-state index in [0.29, 0.717) is 18.4 Å². The van der Waals surface area contributed by atoms with Crippen molar-refractivity contribution in [3.63, 3.8) is 0 Å². The highest BCUT2D eigenvalue weighted by atomic mass is 35.5. The van der Waals surface area contributed by atoms with E-state index in [1.807, 2.05) is 0 Å². The van der Waals surface area contributed by atoms with Crippen LogP contribution in [0.1, 0.15) is 19.5 Å². The highest BCUT2D eigenvalue weighted by Crippen LogP contribution is 2.10. The van der Waals surface area contributed by atoms with Crippen molar-refractivity contribution >= 4 is 23.7 Å². The lowest BCUT2D eigenvalue weighted by Gasteiger charge is -2.23. The molecule has 1 aromatic heterocycles. The van der Waals surface area contributed by atoms with Crippen molar-refractivity contribution in [2.45, 2.75) is 20.4 Å². The molecule has 0 aliphatic rings. The van der Waals surface area contributed by atoms with Gasteiger partial charge in [0.05, 0.1) is 23.4 Å². The number of alkyl carbamates (subject to hydrolysis) is 1. The molecule has 0 unspecified atom stereocenters. The third-order valence-electron chi connectivity index (χ3n) is 2.59. The van der Waals surface area contributed by atoms with Crippen molar-refractivity contribution in [2.75, 3.05) is 13.3 Å². The van der Waals surface area contributed by atoms with Gasteiger partial charge < -0.3 is 19.4 Å². The van der Waals surface area contributed by atoms with Crippen LogP contribution in [0.4, 0.5) is 4.79 Å². The van der Waals surface area contributed by atoms with Gasteiger partial charge in [-0.2, -0.15) is 0 Å². The topological polar surface area (TPSA) is 140 Å². The Morgan fingerprint density at radius 1 is 1.54 bits per heavy atom. The summed E-state index contributed by atoms with van der Waals surface area (Å²) in [6, 6.07) is 0. The first-order valence-corrected chi connectivity index (χ1v) is 7.06. The van der Waals surface area contributed by atoms with Gasteiger partial charge in [-0.25, -0.2) is 9.78 Å². The monoisotopic (exact) mass is 361 g/mol. The Bertz CT molecular complexity index is 631. The third-order valence-corrected chi connectivity index (χ3v) is 2.78. The first-order chi connectivity index (χ1) is 11.3. The second kappa shape index (κ2) is 9.35. The van der Waals surface area contributed by atoms with E-state index < -0.39 is 23.8 Å². The van der Waals surface area contributed by atoms with Crippen molar-refractivity contribution in [1.82, 2.24) is 20.2 Å². The average molecular weight is 362 g/mol. The third kappa shape index (κ3) is 6.96. The van der Waals surface area contributed by atoms with Crippen LogP contribution in [0.25, 0.3) is 0 Å². The van der Waals surface area contributed by atoms with Gasteiger partial charge in [0.2, 0.25) is 6.79 Å². The summed E-state index contributed by atoms with van der Waals surface area (Å²) in [5.74, 6) is -0.740. The van der Waals surface area contributed by atoms with Crippen LogP contribution in [-0.2, 0) is 20.8 Å². The predicted molar refractivity (Wildman–Crippen MR) is 81.0 cm³/mol. The molecule has 1 amide bonds. The lowest BCUT2D eigenvalue weighted by Crippen LogP contribution is -2.36. The van der Waals surface area contributed by atoms with Crippen LogP contribution in [0, 0.1) is 10.1 Å². The lowest BCUT2D eigenvalue weighted by molar-refractivity contribution is -0.404. The molecule has 0 aliphatic heterocycles. The zero-order valence-corrected chi connectivity index (χ0v) is 13.7. The fourth-order valence-corrected chi connectivity index (χ4v) is 1.75. The highest BCUT2D eigenvalue weighted by Gasteiger charge is 2.17. The molecular formula is C12H16ClN5O6. The molecule has 0 spiro atoms. The van der Waals surface area contributed by atoms with Crippen LogP contribution >= 0.6 is 11.6 Å². The molecule has 0 saturated carbocycles. The first kappa shape index (κ1) is 19.2. The number of rotatable bonds is 8. The summed E-state index contributed by atoms with van der Waals surface area (Å²) in [5.41, 5.74) is 0.589. The number of nitro groups is 1. The summed E-state index contributed by atoms with van der Waals surface area (Å²) >= 11 is 5.68. The van der Waals surface area contributed by atoms with E-state index in [0.717, 1.165) is 6.92 Å². The number of ether oxygens (including phenoxy) is 2. The van der Waals surface area contributed by atoms with E-state index in [1.54, 1.807) is 6.92 Å².